The van der Waals surface area contributed by atoms with Crippen molar-refractivity contribution < 1.29 is 14.8 Å². The van der Waals surface area contributed by atoms with Crippen LogP contribution < -0.4 is 10.1 Å². The zero-order chi connectivity index (χ0) is 17.4. The Morgan fingerprint density at radius 1 is 1.25 bits per heavy atom. The van der Waals surface area contributed by atoms with Crippen LogP contribution in [0.1, 0.15) is 31.4 Å². The van der Waals surface area contributed by atoms with Gasteiger partial charge in [0.05, 0.1) is 17.6 Å². The summed E-state index contributed by atoms with van der Waals surface area (Å²) in [4.78, 5) is 10.6. The van der Waals surface area contributed by atoms with E-state index in [0.717, 1.165) is 24.1 Å². The number of nitrogens with zero attached hydrogens (tertiary/aromatic N) is 1. The number of anilines is 1. The van der Waals surface area contributed by atoms with Crippen molar-refractivity contribution in [2.75, 3.05) is 18.5 Å². The number of non-ortho nitro benzene ring substituents is 1. The molecule has 0 fully saturated rings. The predicted molar refractivity (Wildman–Crippen MR) is 93.4 cm³/mol. The topological polar surface area (TPSA) is 84.6 Å². The van der Waals surface area contributed by atoms with Gasteiger partial charge in [-0.25, -0.2) is 0 Å². The van der Waals surface area contributed by atoms with Crippen LogP contribution in [0.5, 0.6) is 5.75 Å². The fourth-order valence-electron chi connectivity index (χ4n) is 2.48. The fraction of sp³-hybridized carbons (Fsp3) is 0.333. The Morgan fingerprint density at radius 2 is 2.00 bits per heavy atom. The number of hydrogen-bond acceptors (Lipinski definition) is 5. The van der Waals surface area contributed by atoms with Gasteiger partial charge in [-0.3, -0.25) is 10.1 Å². The molecule has 0 bridgehead atoms. The lowest BCUT2D eigenvalue weighted by Crippen LogP contribution is -2.11. The van der Waals surface area contributed by atoms with E-state index in [1.807, 2.05) is 30.3 Å². The lowest BCUT2D eigenvalue weighted by molar-refractivity contribution is -0.384. The van der Waals surface area contributed by atoms with E-state index in [0.29, 0.717) is 5.75 Å². The SMILES string of the molecule is CCCC(Nc1ccc(OCCO)cc1)c1cccc([N+](=O)[O-])c1. The van der Waals surface area contributed by atoms with E-state index >= 15 is 0 Å². The molecule has 0 heterocycles. The van der Waals surface area contributed by atoms with Gasteiger partial charge in [0.2, 0.25) is 0 Å². The maximum Gasteiger partial charge on any atom is 0.269 e. The summed E-state index contributed by atoms with van der Waals surface area (Å²) in [5.41, 5.74) is 1.91. The third kappa shape index (κ3) is 4.96. The first kappa shape index (κ1) is 17.7. The lowest BCUT2D eigenvalue weighted by atomic mass is 10.0. The molecule has 0 aromatic heterocycles. The van der Waals surface area contributed by atoms with E-state index in [2.05, 4.69) is 12.2 Å². The highest BCUT2D eigenvalue weighted by atomic mass is 16.6. The molecule has 6 nitrogen and oxygen atoms in total. The summed E-state index contributed by atoms with van der Waals surface area (Å²) in [6.07, 6.45) is 1.82. The number of aliphatic hydroxyl groups excluding tert-OH is 1. The molecule has 0 saturated carbocycles. The molecule has 2 aromatic carbocycles. The minimum absolute atomic E-state index is 0.000824. The molecule has 2 rings (SSSR count). The summed E-state index contributed by atoms with van der Waals surface area (Å²) in [7, 11) is 0. The smallest absolute Gasteiger partial charge is 0.269 e. The number of nitro groups is 1. The third-order valence-corrected chi connectivity index (χ3v) is 3.62. The van der Waals surface area contributed by atoms with Crippen molar-refractivity contribution in [2.45, 2.75) is 25.8 Å². The van der Waals surface area contributed by atoms with Crippen molar-refractivity contribution in [1.82, 2.24) is 0 Å². The molecule has 2 N–H and O–H groups in total. The second-order valence-corrected chi connectivity index (χ2v) is 5.43. The van der Waals surface area contributed by atoms with Gasteiger partial charge in [-0.2, -0.15) is 0 Å². The van der Waals surface area contributed by atoms with E-state index in [4.69, 9.17) is 9.84 Å². The van der Waals surface area contributed by atoms with Crippen molar-refractivity contribution in [2.24, 2.45) is 0 Å². The highest BCUT2D eigenvalue weighted by Crippen LogP contribution is 2.27. The lowest BCUT2D eigenvalue weighted by Gasteiger charge is -2.20. The normalized spacial score (nSPS) is 11.8. The van der Waals surface area contributed by atoms with Gasteiger partial charge in [-0.05, 0) is 36.2 Å². The van der Waals surface area contributed by atoms with Crippen molar-refractivity contribution in [3.63, 3.8) is 0 Å². The van der Waals surface area contributed by atoms with E-state index in [9.17, 15) is 10.1 Å². The van der Waals surface area contributed by atoms with Gasteiger partial charge in [0, 0.05) is 17.8 Å². The number of rotatable bonds is 9. The second kappa shape index (κ2) is 8.88. The van der Waals surface area contributed by atoms with Crippen molar-refractivity contribution in [1.29, 1.82) is 0 Å². The molecule has 0 aliphatic heterocycles. The number of nitrogens with one attached hydrogen (secondary N) is 1. The molecule has 2 aromatic rings. The summed E-state index contributed by atoms with van der Waals surface area (Å²) in [6, 6.07) is 14.2. The highest BCUT2D eigenvalue weighted by molar-refractivity contribution is 5.49. The third-order valence-electron chi connectivity index (χ3n) is 3.62. The van der Waals surface area contributed by atoms with E-state index in [1.54, 1.807) is 12.1 Å². The molecule has 0 aliphatic carbocycles. The average molecular weight is 330 g/mol. The molecule has 128 valence electrons. The number of aliphatic hydroxyl groups is 1. The highest BCUT2D eigenvalue weighted by Gasteiger charge is 2.14. The van der Waals surface area contributed by atoms with Crippen LogP contribution in [-0.2, 0) is 0 Å². The van der Waals surface area contributed by atoms with Gasteiger partial charge in [0.25, 0.3) is 5.69 Å². The average Bonchev–Trinajstić information content (AvgIpc) is 2.61. The van der Waals surface area contributed by atoms with Crippen molar-refractivity contribution in [3.8, 4) is 5.75 Å². The van der Waals surface area contributed by atoms with Gasteiger partial charge in [0.15, 0.2) is 0 Å². The first-order valence-corrected chi connectivity index (χ1v) is 7.98. The Labute approximate surface area is 141 Å². The summed E-state index contributed by atoms with van der Waals surface area (Å²) < 4.78 is 5.34. The Balaban J connectivity index is 2.13. The van der Waals surface area contributed by atoms with E-state index in [-0.39, 0.29) is 29.9 Å². The zero-order valence-corrected chi connectivity index (χ0v) is 13.6. The predicted octanol–water partition coefficient (Wildman–Crippen LogP) is 3.92. The fourth-order valence-corrected chi connectivity index (χ4v) is 2.48. The van der Waals surface area contributed by atoms with Crippen LogP contribution in [-0.4, -0.2) is 23.2 Å². The van der Waals surface area contributed by atoms with Crippen LogP contribution >= 0.6 is 0 Å². The first-order valence-electron chi connectivity index (χ1n) is 7.98. The molecule has 0 saturated heterocycles. The molecule has 1 atom stereocenters. The quantitative estimate of drug-likeness (QED) is 0.538. The summed E-state index contributed by atoms with van der Waals surface area (Å²) in [5.74, 6) is 0.692. The standard InChI is InChI=1S/C18H22N2O4/c1-2-4-18(14-5-3-6-16(13-14)20(22)23)19-15-7-9-17(10-8-15)24-12-11-21/h3,5-10,13,18-19,21H,2,4,11-12H2,1H3. The van der Waals surface area contributed by atoms with Gasteiger partial charge in [-0.1, -0.05) is 25.5 Å². The van der Waals surface area contributed by atoms with Crippen molar-refractivity contribution in [3.05, 3.63) is 64.2 Å². The molecule has 0 radical (unpaired) electrons. The number of hydrogen-bond donors (Lipinski definition) is 2. The van der Waals surface area contributed by atoms with Crippen molar-refractivity contribution >= 4 is 11.4 Å². The molecular weight excluding hydrogens is 308 g/mol. The molecule has 0 spiro atoms. The summed E-state index contributed by atoms with van der Waals surface area (Å²) in [5, 5.41) is 23.1. The number of ether oxygens (including phenoxy) is 1. The number of nitro benzene ring substituents is 1. The zero-order valence-electron chi connectivity index (χ0n) is 13.6. The number of benzene rings is 2. The van der Waals surface area contributed by atoms with E-state index in [1.165, 1.54) is 6.07 Å². The second-order valence-electron chi connectivity index (χ2n) is 5.43. The van der Waals surface area contributed by atoms with Gasteiger partial charge >= 0.3 is 0 Å². The van der Waals surface area contributed by atoms with Crippen LogP contribution in [0.25, 0.3) is 0 Å². The largest absolute Gasteiger partial charge is 0.491 e. The Kier molecular flexibility index (Phi) is 6.57. The van der Waals surface area contributed by atoms with Crippen LogP contribution in [0.15, 0.2) is 48.5 Å². The van der Waals surface area contributed by atoms with Gasteiger partial charge in [0.1, 0.15) is 12.4 Å². The Morgan fingerprint density at radius 3 is 2.62 bits per heavy atom. The summed E-state index contributed by atoms with van der Waals surface area (Å²) >= 11 is 0. The molecule has 24 heavy (non-hydrogen) atoms. The minimum Gasteiger partial charge on any atom is -0.491 e. The van der Waals surface area contributed by atoms with Crippen LogP contribution in [0.2, 0.25) is 0 Å². The molecule has 1 unspecified atom stereocenters. The molecular formula is C18H22N2O4. The molecule has 0 aliphatic rings. The minimum atomic E-state index is -0.375. The van der Waals surface area contributed by atoms with Crippen LogP contribution in [0.3, 0.4) is 0 Å². The first-order chi connectivity index (χ1) is 11.6. The molecule has 6 heteroatoms. The Bertz CT molecular complexity index is 658. The van der Waals surface area contributed by atoms with Gasteiger partial charge < -0.3 is 15.2 Å². The summed E-state index contributed by atoms with van der Waals surface area (Å²) in [6.45, 7) is 2.32. The van der Waals surface area contributed by atoms with Gasteiger partial charge in [-0.15, -0.1) is 0 Å². The van der Waals surface area contributed by atoms with E-state index < -0.39 is 0 Å². The monoisotopic (exact) mass is 330 g/mol. The molecule has 0 amide bonds. The maximum atomic E-state index is 11.0. The van der Waals surface area contributed by atoms with Crippen LogP contribution in [0.4, 0.5) is 11.4 Å². The maximum absolute atomic E-state index is 11.0. The van der Waals surface area contributed by atoms with Crippen LogP contribution in [0, 0.1) is 10.1 Å². The Hall–Kier alpha value is -2.60.